The standard InChI is InChI=1S/C18H15NO3S/c1-2-19-14-7-3-4-9-16(14)23-17(19)11-10-13-6-5-8-15(18(13)21)22-12-20/h3-12H,2H2,1H3/p+1. The number of thiazole rings is 1. The zero-order valence-corrected chi connectivity index (χ0v) is 13.4. The maximum Gasteiger partial charge on any atom is 0.298 e. The maximum absolute atomic E-state index is 10.4. The van der Waals surface area contributed by atoms with Crippen LogP contribution in [0.25, 0.3) is 22.4 Å². The van der Waals surface area contributed by atoms with Crippen molar-refractivity contribution in [2.75, 3.05) is 0 Å². The van der Waals surface area contributed by atoms with Gasteiger partial charge >= 0.3 is 0 Å². The van der Waals surface area contributed by atoms with Crippen LogP contribution in [0.1, 0.15) is 17.5 Å². The van der Waals surface area contributed by atoms with Crippen LogP contribution < -0.4 is 9.30 Å². The molecule has 23 heavy (non-hydrogen) atoms. The Hall–Kier alpha value is -2.66. The molecule has 0 bridgehead atoms. The fourth-order valence-electron chi connectivity index (χ4n) is 2.48. The molecule has 116 valence electrons. The Bertz CT molecular complexity index is 883. The predicted molar refractivity (Wildman–Crippen MR) is 91.4 cm³/mol. The number of carbonyl (C=O) groups is 1. The van der Waals surface area contributed by atoms with Crippen LogP contribution in [0.5, 0.6) is 11.5 Å². The lowest BCUT2D eigenvalue weighted by atomic mass is 10.1. The second-order valence-corrected chi connectivity index (χ2v) is 5.96. The van der Waals surface area contributed by atoms with Crippen LogP contribution >= 0.6 is 11.3 Å². The summed E-state index contributed by atoms with van der Waals surface area (Å²) in [6.07, 6.45) is 3.79. The number of phenols is 1. The molecule has 0 aliphatic carbocycles. The van der Waals surface area contributed by atoms with Crippen molar-refractivity contribution >= 4 is 40.2 Å². The summed E-state index contributed by atoms with van der Waals surface area (Å²) >= 11 is 1.70. The molecule has 0 unspecified atom stereocenters. The first-order valence-corrected chi connectivity index (χ1v) is 8.08. The summed E-state index contributed by atoms with van der Waals surface area (Å²) in [5.41, 5.74) is 1.80. The normalized spacial score (nSPS) is 11.2. The smallest absolute Gasteiger partial charge is 0.298 e. The van der Waals surface area contributed by atoms with E-state index in [2.05, 4.69) is 23.6 Å². The van der Waals surface area contributed by atoms with Crippen LogP contribution in [-0.2, 0) is 11.3 Å². The molecule has 1 aromatic heterocycles. The van der Waals surface area contributed by atoms with Crippen LogP contribution in [0.2, 0.25) is 0 Å². The van der Waals surface area contributed by atoms with E-state index in [1.807, 2.05) is 24.3 Å². The lowest BCUT2D eigenvalue weighted by Gasteiger charge is -2.03. The number of aromatic hydroxyl groups is 1. The summed E-state index contributed by atoms with van der Waals surface area (Å²) in [4.78, 5) is 10.4. The van der Waals surface area contributed by atoms with Crippen LogP contribution in [0.3, 0.4) is 0 Å². The third-order valence-corrected chi connectivity index (χ3v) is 4.69. The highest BCUT2D eigenvalue weighted by atomic mass is 32.1. The minimum Gasteiger partial charge on any atom is -0.504 e. The van der Waals surface area contributed by atoms with Crippen LogP contribution in [0, 0.1) is 0 Å². The van der Waals surface area contributed by atoms with Crippen LogP contribution in [0.15, 0.2) is 42.5 Å². The van der Waals surface area contributed by atoms with Gasteiger partial charge in [-0.3, -0.25) is 4.79 Å². The van der Waals surface area contributed by atoms with Gasteiger partial charge in [0, 0.05) is 17.7 Å². The van der Waals surface area contributed by atoms with E-state index in [-0.39, 0.29) is 11.5 Å². The van der Waals surface area contributed by atoms with E-state index < -0.39 is 0 Å². The van der Waals surface area contributed by atoms with Gasteiger partial charge < -0.3 is 9.84 Å². The highest BCUT2D eigenvalue weighted by Gasteiger charge is 2.16. The Labute approximate surface area is 137 Å². The molecular weight excluding hydrogens is 310 g/mol. The van der Waals surface area contributed by atoms with Gasteiger partial charge in [-0.15, -0.1) is 0 Å². The number of rotatable bonds is 5. The van der Waals surface area contributed by atoms with Gasteiger partial charge in [0.05, 0.1) is 0 Å². The van der Waals surface area contributed by atoms with Crippen molar-refractivity contribution in [2.45, 2.75) is 13.5 Å². The summed E-state index contributed by atoms with van der Waals surface area (Å²) < 4.78 is 8.20. The fraction of sp³-hybridized carbons (Fsp3) is 0.111. The highest BCUT2D eigenvalue weighted by molar-refractivity contribution is 7.18. The number of hydrogen-bond acceptors (Lipinski definition) is 4. The number of nitrogens with zero attached hydrogens (tertiary/aromatic N) is 1. The molecule has 0 spiro atoms. The molecule has 0 saturated heterocycles. The molecule has 1 heterocycles. The molecule has 2 aromatic carbocycles. The van der Waals surface area contributed by atoms with Crippen molar-refractivity contribution < 1.29 is 19.2 Å². The van der Waals surface area contributed by atoms with E-state index in [0.717, 1.165) is 11.6 Å². The zero-order chi connectivity index (χ0) is 16.2. The van der Waals surface area contributed by atoms with Crippen molar-refractivity contribution in [1.82, 2.24) is 0 Å². The van der Waals surface area contributed by atoms with Gasteiger partial charge in [-0.2, -0.15) is 4.57 Å². The number of phenolic OH excluding ortho intramolecular Hbond substituents is 1. The van der Waals surface area contributed by atoms with Crippen molar-refractivity contribution in [1.29, 1.82) is 0 Å². The van der Waals surface area contributed by atoms with Gasteiger partial charge in [0.1, 0.15) is 11.2 Å². The Morgan fingerprint density at radius 1 is 1.17 bits per heavy atom. The lowest BCUT2D eigenvalue weighted by Crippen LogP contribution is -2.33. The van der Waals surface area contributed by atoms with Crippen LogP contribution in [0.4, 0.5) is 0 Å². The minimum absolute atomic E-state index is 0.0417. The Balaban J connectivity index is 2.00. The van der Waals surface area contributed by atoms with Gasteiger partial charge in [-0.05, 0) is 25.1 Å². The van der Waals surface area contributed by atoms with Gasteiger partial charge in [-0.1, -0.05) is 35.6 Å². The summed E-state index contributed by atoms with van der Waals surface area (Å²) in [5, 5.41) is 11.2. The molecule has 5 heteroatoms. The Kier molecular flexibility index (Phi) is 4.39. The molecule has 0 aliphatic heterocycles. The summed E-state index contributed by atoms with van der Waals surface area (Å²) in [7, 11) is 0. The zero-order valence-electron chi connectivity index (χ0n) is 12.6. The first-order valence-electron chi connectivity index (χ1n) is 7.26. The number of benzene rings is 2. The first kappa shape index (κ1) is 15.2. The molecule has 4 nitrogen and oxygen atoms in total. The second-order valence-electron chi connectivity index (χ2n) is 4.89. The maximum atomic E-state index is 10.4. The topological polar surface area (TPSA) is 50.4 Å². The Morgan fingerprint density at radius 3 is 2.78 bits per heavy atom. The summed E-state index contributed by atoms with van der Waals surface area (Å²) in [5.74, 6) is 0.113. The SMILES string of the molecule is CC[n+]1c(/C=C/c2cccc(OC=O)c2O)sc2ccccc21. The van der Waals surface area contributed by atoms with Gasteiger partial charge in [0.15, 0.2) is 11.5 Å². The molecule has 0 saturated carbocycles. The lowest BCUT2D eigenvalue weighted by molar-refractivity contribution is -0.665. The number of carbonyl (C=O) groups excluding carboxylic acids is 1. The van der Waals surface area contributed by atoms with Gasteiger partial charge in [-0.25, -0.2) is 0 Å². The van der Waals surface area contributed by atoms with E-state index >= 15 is 0 Å². The third-order valence-electron chi connectivity index (χ3n) is 3.56. The summed E-state index contributed by atoms with van der Waals surface area (Å²) in [6, 6.07) is 13.3. The van der Waals surface area contributed by atoms with Crippen molar-refractivity contribution in [3.05, 3.63) is 53.0 Å². The minimum atomic E-state index is -0.0417. The average Bonchev–Trinajstić information content (AvgIpc) is 2.93. The molecule has 0 aliphatic rings. The average molecular weight is 326 g/mol. The molecule has 1 N–H and O–H groups in total. The van der Waals surface area contributed by atoms with E-state index in [4.69, 9.17) is 4.74 Å². The largest absolute Gasteiger partial charge is 0.504 e. The molecule has 0 amide bonds. The number of para-hydroxylation sites is 2. The highest BCUT2D eigenvalue weighted by Crippen LogP contribution is 2.31. The number of aromatic nitrogens is 1. The molecule has 3 aromatic rings. The van der Waals surface area contributed by atoms with Crippen molar-refractivity contribution in [3.8, 4) is 11.5 Å². The fourth-order valence-corrected chi connectivity index (χ4v) is 3.61. The second kappa shape index (κ2) is 6.62. The molecule has 0 radical (unpaired) electrons. The van der Waals surface area contributed by atoms with Crippen LogP contribution in [-0.4, -0.2) is 11.6 Å². The van der Waals surface area contributed by atoms with E-state index in [1.165, 1.54) is 10.2 Å². The van der Waals surface area contributed by atoms with Crippen molar-refractivity contribution in [2.24, 2.45) is 0 Å². The number of ether oxygens (including phenoxy) is 1. The van der Waals surface area contributed by atoms with Crippen molar-refractivity contribution in [3.63, 3.8) is 0 Å². The number of hydrogen-bond donors (Lipinski definition) is 1. The molecule has 3 rings (SSSR count). The van der Waals surface area contributed by atoms with E-state index in [1.54, 1.807) is 29.5 Å². The number of aryl methyl sites for hydroxylation is 1. The first-order chi connectivity index (χ1) is 11.2. The van der Waals surface area contributed by atoms with Gasteiger partial charge in [0.25, 0.3) is 11.5 Å². The Morgan fingerprint density at radius 2 is 2.00 bits per heavy atom. The van der Waals surface area contributed by atoms with E-state index in [9.17, 15) is 9.90 Å². The molecule has 0 fully saturated rings. The van der Waals surface area contributed by atoms with Gasteiger partial charge in [0.2, 0.25) is 5.52 Å². The molecule has 0 atom stereocenters. The summed E-state index contributed by atoms with van der Waals surface area (Å²) in [6.45, 7) is 3.27. The van der Waals surface area contributed by atoms with E-state index in [0.29, 0.717) is 12.0 Å². The monoisotopic (exact) mass is 326 g/mol. The third kappa shape index (κ3) is 2.96. The quantitative estimate of drug-likeness (QED) is 0.575. The molecular formula is C18H16NO3S+. The predicted octanol–water partition coefficient (Wildman–Crippen LogP) is 3.62. The number of fused-ring (bicyclic) bond motifs is 1.